The molecule has 1 aromatic heterocycles. The van der Waals surface area contributed by atoms with E-state index in [2.05, 4.69) is 0 Å². The highest BCUT2D eigenvalue weighted by molar-refractivity contribution is 7.88. The average Bonchev–Trinajstić information content (AvgIpc) is 2.83. The Balaban J connectivity index is 1.81. The van der Waals surface area contributed by atoms with E-state index < -0.39 is 10.0 Å². The van der Waals surface area contributed by atoms with Crippen LogP contribution in [-0.2, 0) is 17.1 Å². The molecule has 0 radical (unpaired) electrons. The van der Waals surface area contributed by atoms with Crippen LogP contribution in [-0.4, -0.2) is 60.5 Å². The van der Waals surface area contributed by atoms with Crippen LogP contribution in [0.4, 0.5) is 0 Å². The van der Waals surface area contributed by atoms with Crippen LogP contribution in [0, 0.1) is 0 Å². The minimum absolute atomic E-state index is 0.0492. The molecule has 2 aromatic rings. The number of rotatable bonds is 2. The lowest BCUT2D eigenvalue weighted by Gasteiger charge is -2.33. The maximum atomic E-state index is 12.7. The van der Waals surface area contributed by atoms with Gasteiger partial charge in [-0.2, -0.15) is 4.31 Å². The van der Waals surface area contributed by atoms with Crippen molar-refractivity contribution in [1.29, 1.82) is 0 Å². The summed E-state index contributed by atoms with van der Waals surface area (Å²) in [6.07, 6.45) is 1.20. The van der Waals surface area contributed by atoms with Crippen LogP contribution in [0.3, 0.4) is 0 Å². The number of nitrogens with zero attached hydrogens (tertiary/aromatic N) is 3. The molecule has 1 amide bonds. The smallest absolute Gasteiger partial charge is 0.270 e. The summed E-state index contributed by atoms with van der Waals surface area (Å²) in [6.45, 7) is 1.56. The second-order valence-electron chi connectivity index (χ2n) is 5.60. The molecule has 0 atom stereocenters. The number of carbonyl (C=O) groups is 1. The molecule has 1 aliphatic rings. The zero-order valence-electron chi connectivity index (χ0n) is 12.7. The summed E-state index contributed by atoms with van der Waals surface area (Å²) in [6, 6.07) is 9.74. The van der Waals surface area contributed by atoms with E-state index in [-0.39, 0.29) is 5.91 Å². The number of piperazine rings is 1. The Morgan fingerprint density at radius 1 is 1.09 bits per heavy atom. The lowest BCUT2D eigenvalue weighted by atomic mass is 10.2. The molecule has 0 aliphatic carbocycles. The minimum atomic E-state index is -3.18. The van der Waals surface area contributed by atoms with Gasteiger partial charge >= 0.3 is 0 Å². The quantitative estimate of drug-likeness (QED) is 0.825. The summed E-state index contributed by atoms with van der Waals surface area (Å²) in [5, 5.41) is 1.03. The second-order valence-corrected chi connectivity index (χ2v) is 7.58. The van der Waals surface area contributed by atoms with Crippen molar-refractivity contribution >= 4 is 26.8 Å². The SMILES string of the molecule is Cn1c(C(=O)N2CCN(S(C)(=O)=O)CC2)cc2ccccc21. The Morgan fingerprint density at radius 2 is 1.73 bits per heavy atom. The summed E-state index contributed by atoms with van der Waals surface area (Å²) in [5.41, 5.74) is 1.65. The van der Waals surface area contributed by atoms with Gasteiger partial charge in [0.2, 0.25) is 10.0 Å². The fourth-order valence-electron chi connectivity index (χ4n) is 2.88. The van der Waals surface area contributed by atoms with Gasteiger partial charge in [0.05, 0.1) is 6.26 Å². The third-order valence-electron chi connectivity index (χ3n) is 4.17. The highest BCUT2D eigenvalue weighted by atomic mass is 32.2. The van der Waals surface area contributed by atoms with E-state index in [1.54, 1.807) is 4.90 Å². The van der Waals surface area contributed by atoms with Gasteiger partial charge in [0.25, 0.3) is 5.91 Å². The average molecular weight is 321 g/mol. The lowest BCUT2D eigenvalue weighted by molar-refractivity contribution is 0.0689. The summed E-state index contributed by atoms with van der Waals surface area (Å²) in [5.74, 6) is -0.0492. The van der Waals surface area contributed by atoms with E-state index in [1.165, 1.54) is 10.6 Å². The molecule has 6 nitrogen and oxygen atoms in total. The van der Waals surface area contributed by atoms with E-state index in [0.29, 0.717) is 31.9 Å². The standard InChI is InChI=1S/C15H19N3O3S/c1-16-13-6-4-3-5-12(13)11-14(16)15(19)17-7-9-18(10-8-17)22(2,20)21/h3-6,11H,7-10H2,1-2H3. The van der Waals surface area contributed by atoms with Crippen molar-refractivity contribution in [2.24, 2.45) is 7.05 Å². The molecule has 0 unspecified atom stereocenters. The molecule has 3 rings (SSSR count). The Labute approximate surface area is 130 Å². The summed E-state index contributed by atoms with van der Waals surface area (Å²) >= 11 is 0. The first-order valence-corrected chi connectivity index (χ1v) is 9.01. The van der Waals surface area contributed by atoms with E-state index in [0.717, 1.165) is 10.9 Å². The number of carbonyl (C=O) groups excluding carboxylic acids is 1. The molecule has 0 spiro atoms. The molecule has 1 aliphatic heterocycles. The number of fused-ring (bicyclic) bond motifs is 1. The van der Waals surface area contributed by atoms with Crippen LogP contribution >= 0.6 is 0 Å². The maximum Gasteiger partial charge on any atom is 0.270 e. The number of aryl methyl sites for hydroxylation is 1. The molecule has 0 saturated carbocycles. The number of para-hydroxylation sites is 1. The molecular formula is C15H19N3O3S. The van der Waals surface area contributed by atoms with E-state index in [1.807, 2.05) is 41.9 Å². The molecule has 7 heteroatoms. The summed E-state index contributed by atoms with van der Waals surface area (Å²) in [7, 11) is -1.30. The number of amides is 1. The van der Waals surface area contributed by atoms with Crippen LogP contribution in [0.5, 0.6) is 0 Å². The molecule has 2 heterocycles. The van der Waals surface area contributed by atoms with Gasteiger partial charge in [-0.25, -0.2) is 8.42 Å². The Kier molecular flexibility index (Phi) is 3.70. The third-order valence-corrected chi connectivity index (χ3v) is 5.47. The maximum absolute atomic E-state index is 12.7. The third kappa shape index (κ3) is 2.62. The van der Waals surface area contributed by atoms with Gasteiger partial charge in [0, 0.05) is 44.1 Å². The van der Waals surface area contributed by atoms with Gasteiger partial charge in [-0.05, 0) is 12.1 Å². The number of aromatic nitrogens is 1. The van der Waals surface area contributed by atoms with Crippen LogP contribution in [0.1, 0.15) is 10.5 Å². The van der Waals surface area contributed by atoms with Gasteiger partial charge in [0.15, 0.2) is 0 Å². The van der Waals surface area contributed by atoms with Crippen molar-refractivity contribution in [2.45, 2.75) is 0 Å². The molecule has 22 heavy (non-hydrogen) atoms. The Morgan fingerprint density at radius 3 is 2.32 bits per heavy atom. The topological polar surface area (TPSA) is 62.6 Å². The van der Waals surface area contributed by atoms with Crippen LogP contribution in [0.15, 0.2) is 30.3 Å². The van der Waals surface area contributed by atoms with Crippen LogP contribution in [0.2, 0.25) is 0 Å². The fourth-order valence-corrected chi connectivity index (χ4v) is 3.71. The Bertz CT molecular complexity index is 818. The van der Waals surface area contributed by atoms with Crippen molar-refractivity contribution < 1.29 is 13.2 Å². The largest absolute Gasteiger partial charge is 0.340 e. The highest BCUT2D eigenvalue weighted by Gasteiger charge is 2.27. The zero-order chi connectivity index (χ0) is 15.9. The molecule has 118 valence electrons. The predicted molar refractivity (Wildman–Crippen MR) is 85.2 cm³/mol. The molecule has 1 fully saturated rings. The summed E-state index contributed by atoms with van der Waals surface area (Å²) < 4.78 is 26.3. The first kappa shape index (κ1) is 15.1. The van der Waals surface area contributed by atoms with Crippen molar-refractivity contribution in [2.75, 3.05) is 32.4 Å². The second kappa shape index (κ2) is 5.40. The monoisotopic (exact) mass is 321 g/mol. The normalized spacial score (nSPS) is 17.1. The molecule has 1 aromatic carbocycles. The van der Waals surface area contributed by atoms with Gasteiger partial charge in [-0.1, -0.05) is 18.2 Å². The van der Waals surface area contributed by atoms with Gasteiger partial charge < -0.3 is 9.47 Å². The predicted octanol–water partition coefficient (Wildman–Crippen LogP) is 0.896. The minimum Gasteiger partial charge on any atom is -0.340 e. The lowest BCUT2D eigenvalue weighted by Crippen LogP contribution is -2.50. The van der Waals surface area contributed by atoms with Crippen LogP contribution < -0.4 is 0 Å². The van der Waals surface area contributed by atoms with Crippen molar-refractivity contribution in [3.63, 3.8) is 0 Å². The molecular weight excluding hydrogens is 302 g/mol. The number of benzene rings is 1. The van der Waals surface area contributed by atoms with Gasteiger partial charge in [-0.15, -0.1) is 0 Å². The molecule has 0 N–H and O–H groups in total. The number of hydrogen-bond donors (Lipinski definition) is 0. The highest BCUT2D eigenvalue weighted by Crippen LogP contribution is 2.20. The van der Waals surface area contributed by atoms with Crippen molar-refractivity contribution in [3.05, 3.63) is 36.0 Å². The van der Waals surface area contributed by atoms with E-state index >= 15 is 0 Å². The number of sulfonamides is 1. The van der Waals surface area contributed by atoms with Gasteiger partial charge in [-0.3, -0.25) is 4.79 Å². The Hall–Kier alpha value is -1.86. The fraction of sp³-hybridized carbons (Fsp3) is 0.400. The van der Waals surface area contributed by atoms with Gasteiger partial charge in [0.1, 0.15) is 5.69 Å². The zero-order valence-corrected chi connectivity index (χ0v) is 13.5. The first-order valence-electron chi connectivity index (χ1n) is 7.17. The van der Waals surface area contributed by atoms with Crippen LogP contribution in [0.25, 0.3) is 10.9 Å². The summed E-state index contributed by atoms with van der Waals surface area (Å²) in [4.78, 5) is 14.4. The van der Waals surface area contributed by atoms with E-state index in [9.17, 15) is 13.2 Å². The first-order chi connectivity index (χ1) is 10.4. The van der Waals surface area contributed by atoms with Crippen molar-refractivity contribution in [1.82, 2.24) is 13.8 Å². The molecule has 0 bridgehead atoms. The van der Waals surface area contributed by atoms with E-state index in [4.69, 9.17) is 0 Å². The van der Waals surface area contributed by atoms with Crippen molar-refractivity contribution in [3.8, 4) is 0 Å². The molecule has 1 saturated heterocycles. The number of hydrogen-bond acceptors (Lipinski definition) is 3.